The molecule has 2 aromatic carbocycles. The molecule has 4 atom stereocenters. The Bertz CT molecular complexity index is 952. The van der Waals surface area contributed by atoms with Crippen LogP contribution < -0.4 is 0 Å². The minimum Gasteiger partial charge on any atom is -0.456 e. The molecule has 10 nitrogen and oxygen atoms in total. The van der Waals surface area contributed by atoms with E-state index in [1.165, 1.54) is 21.0 Å². The number of methoxy groups -OCH3 is 1. The summed E-state index contributed by atoms with van der Waals surface area (Å²) in [6.45, 7) is 2.11. The van der Waals surface area contributed by atoms with E-state index in [0.29, 0.717) is 0 Å². The highest BCUT2D eigenvalue weighted by Crippen LogP contribution is 2.53. The molecule has 2 aromatic rings. The van der Waals surface area contributed by atoms with Gasteiger partial charge >= 0.3 is 19.8 Å². The van der Waals surface area contributed by atoms with Crippen molar-refractivity contribution in [2.45, 2.75) is 51.7 Å². The topological polar surface area (TPSA) is 116 Å². The molecule has 0 bridgehead atoms. The first-order chi connectivity index (χ1) is 16.8. The van der Waals surface area contributed by atoms with E-state index in [2.05, 4.69) is 0 Å². The maximum absolute atomic E-state index is 13.8. The van der Waals surface area contributed by atoms with Crippen molar-refractivity contribution in [1.82, 2.24) is 0 Å². The summed E-state index contributed by atoms with van der Waals surface area (Å²) < 4.78 is 52.5. The third-order valence-electron chi connectivity index (χ3n) is 4.95. The van der Waals surface area contributed by atoms with E-state index in [9.17, 15) is 14.2 Å². The molecule has 1 fully saturated rings. The zero-order chi connectivity index (χ0) is 25.3. The van der Waals surface area contributed by atoms with E-state index >= 15 is 0 Å². The second-order valence-corrected chi connectivity index (χ2v) is 9.32. The summed E-state index contributed by atoms with van der Waals surface area (Å²) in [7, 11) is -2.96. The number of phosphoric acid groups is 1. The number of carbonyl (C=O) groups is 2. The van der Waals surface area contributed by atoms with Gasteiger partial charge in [0.25, 0.3) is 0 Å². The van der Waals surface area contributed by atoms with Crippen molar-refractivity contribution in [2.24, 2.45) is 0 Å². The summed E-state index contributed by atoms with van der Waals surface area (Å²) in [5.74, 6) is -1.28. The summed E-state index contributed by atoms with van der Waals surface area (Å²) in [4.78, 5) is 23.5. The number of phosphoric ester groups is 1. The molecule has 1 aliphatic heterocycles. The van der Waals surface area contributed by atoms with Crippen molar-refractivity contribution < 1.29 is 46.7 Å². The summed E-state index contributed by atoms with van der Waals surface area (Å²) in [5.41, 5.74) is 1.47. The number of rotatable bonds is 11. The van der Waals surface area contributed by atoms with Crippen LogP contribution in [0.2, 0.25) is 0 Å². The fourth-order valence-corrected chi connectivity index (χ4v) is 4.74. The average molecular weight is 508 g/mol. The average Bonchev–Trinajstić information content (AvgIpc) is 2.84. The molecule has 1 saturated heterocycles. The van der Waals surface area contributed by atoms with Crippen LogP contribution in [0.1, 0.15) is 25.0 Å². The van der Waals surface area contributed by atoms with Crippen molar-refractivity contribution in [3.63, 3.8) is 0 Å². The van der Waals surface area contributed by atoms with Crippen LogP contribution in [0.3, 0.4) is 0 Å². The standard InChI is InChI=1S/C24H29O10P/c1-17(25)32-21-16-29-24(28-3)23(22(21)33-18(2)26)34-35(27,30-14-19-10-6-4-7-11-19)31-15-20-12-8-5-9-13-20/h4-13,21-24H,14-16H2,1-3H3/t21-,22+,23-,24-/m1/s1. The van der Waals surface area contributed by atoms with E-state index in [1.807, 2.05) is 36.4 Å². The van der Waals surface area contributed by atoms with Gasteiger partial charge < -0.3 is 18.9 Å². The van der Waals surface area contributed by atoms with E-state index < -0.39 is 44.4 Å². The molecular weight excluding hydrogens is 479 g/mol. The summed E-state index contributed by atoms with van der Waals surface area (Å²) >= 11 is 0. The van der Waals surface area contributed by atoms with Crippen molar-refractivity contribution in [2.75, 3.05) is 13.7 Å². The largest absolute Gasteiger partial charge is 0.476 e. The third-order valence-corrected chi connectivity index (χ3v) is 6.34. The first-order valence-corrected chi connectivity index (χ1v) is 12.4. The second kappa shape index (κ2) is 12.9. The molecule has 0 N–H and O–H groups in total. The monoisotopic (exact) mass is 508 g/mol. The van der Waals surface area contributed by atoms with E-state index in [4.69, 9.17) is 32.5 Å². The summed E-state index contributed by atoms with van der Waals surface area (Å²) in [6.07, 6.45) is -4.62. The lowest BCUT2D eigenvalue weighted by Crippen LogP contribution is -2.57. The smallest absolute Gasteiger partial charge is 0.456 e. The van der Waals surface area contributed by atoms with E-state index in [-0.39, 0.29) is 19.8 Å². The first-order valence-electron chi connectivity index (χ1n) is 10.9. The summed E-state index contributed by atoms with van der Waals surface area (Å²) in [5, 5.41) is 0. The van der Waals surface area contributed by atoms with E-state index in [1.54, 1.807) is 24.3 Å². The number of hydrogen-bond donors (Lipinski definition) is 0. The Morgan fingerprint density at radius 2 is 1.37 bits per heavy atom. The maximum Gasteiger partial charge on any atom is 0.476 e. The predicted molar refractivity (Wildman–Crippen MR) is 123 cm³/mol. The summed E-state index contributed by atoms with van der Waals surface area (Å²) in [6, 6.07) is 18.1. The first kappa shape index (κ1) is 27.0. The van der Waals surface area contributed by atoms with Crippen LogP contribution in [0.15, 0.2) is 60.7 Å². The van der Waals surface area contributed by atoms with Crippen molar-refractivity contribution >= 4 is 19.8 Å². The zero-order valence-electron chi connectivity index (χ0n) is 19.7. The van der Waals surface area contributed by atoms with Crippen LogP contribution in [-0.4, -0.2) is 50.3 Å². The molecule has 0 amide bonds. The van der Waals surface area contributed by atoms with Gasteiger partial charge in [-0.05, 0) is 11.1 Å². The molecule has 1 heterocycles. The van der Waals surface area contributed by atoms with Gasteiger partial charge in [0.1, 0.15) is 0 Å². The van der Waals surface area contributed by atoms with Gasteiger partial charge in [0, 0.05) is 21.0 Å². The molecule has 35 heavy (non-hydrogen) atoms. The fourth-order valence-electron chi connectivity index (χ4n) is 3.41. The highest BCUT2D eigenvalue weighted by atomic mass is 31.2. The van der Waals surface area contributed by atoms with Gasteiger partial charge in [-0.1, -0.05) is 60.7 Å². The molecule has 0 saturated carbocycles. The van der Waals surface area contributed by atoms with Crippen LogP contribution in [0.5, 0.6) is 0 Å². The lowest BCUT2D eigenvalue weighted by atomic mass is 10.0. The Morgan fingerprint density at radius 1 is 0.857 bits per heavy atom. The van der Waals surface area contributed by atoms with Crippen LogP contribution >= 0.6 is 7.82 Å². The normalized spacial score (nSPS) is 22.4. The molecule has 0 aromatic heterocycles. The predicted octanol–water partition coefficient (Wildman–Crippen LogP) is 3.78. The third kappa shape index (κ3) is 8.24. The minimum absolute atomic E-state index is 0.0796. The van der Waals surface area contributed by atoms with Crippen molar-refractivity contribution in [1.29, 1.82) is 0 Å². The SMILES string of the molecule is CO[C@@H]1OC[C@@H](OC(C)=O)[C@H](OC(C)=O)[C@H]1OP(=O)(OCc1ccccc1)OCc1ccccc1. The quantitative estimate of drug-likeness (QED) is 0.328. The maximum atomic E-state index is 13.8. The zero-order valence-corrected chi connectivity index (χ0v) is 20.6. The second-order valence-electron chi connectivity index (χ2n) is 7.69. The molecule has 0 radical (unpaired) electrons. The van der Waals surface area contributed by atoms with Gasteiger partial charge in [0.2, 0.25) is 0 Å². The molecule has 190 valence electrons. The Hall–Kier alpha value is -2.59. The Morgan fingerprint density at radius 3 is 1.83 bits per heavy atom. The molecule has 11 heteroatoms. The van der Waals surface area contributed by atoms with Gasteiger partial charge in [-0.2, -0.15) is 0 Å². The van der Waals surface area contributed by atoms with Gasteiger partial charge in [0.15, 0.2) is 24.6 Å². The minimum atomic E-state index is -4.30. The van der Waals surface area contributed by atoms with E-state index in [0.717, 1.165) is 11.1 Å². The van der Waals surface area contributed by atoms with Crippen molar-refractivity contribution in [3.8, 4) is 0 Å². The number of ether oxygens (including phenoxy) is 4. The molecule has 0 spiro atoms. The Kier molecular flexibility index (Phi) is 9.97. The molecule has 1 aliphatic rings. The Labute approximate surface area is 204 Å². The van der Waals surface area contributed by atoms with Crippen LogP contribution in [0.25, 0.3) is 0 Å². The number of hydrogen-bond acceptors (Lipinski definition) is 10. The van der Waals surface area contributed by atoms with Crippen LogP contribution in [0.4, 0.5) is 0 Å². The molecule has 3 rings (SSSR count). The number of esters is 2. The van der Waals surface area contributed by atoms with Gasteiger partial charge in [-0.3, -0.25) is 23.2 Å². The molecular formula is C24H29O10P. The molecule has 0 aliphatic carbocycles. The Balaban J connectivity index is 1.87. The lowest BCUT2D eigenvalue weighted by Gasteiger charge is -2.40. The lowest BCUT2D eigenvalue weighted by molar-refractivity contribution is -0.266. The van der Waals surface area contributed by atoms with Gasteiger partial charge in [0.05, 0.1) is 19.8 Å². The highest BCUT2D eigenvalue weighted by molar-refractivity contribution is 7.48. The highest BCUT2D eigenvalue weighted by Gasteiger charge is 2.49. The van der Waals surface area contributed by atoms with Crippen molar-refractivity contribution in [3.05, 3.63) is 71.8 Å². The van der Waals surface area contributed by atoms with Crippen LogP contribution in [-0.2, 0) is 59.9 Å². The number of carbonyl (C=O) groups excluding carboxylic acids is 2. The van der Waals surface area contributed by atoms with Crippen LogP contribution in [0, 0.1) is 0 Å². The van der Waals surface area contributed by atoms with Gasteiger partial charge in [-0.25, -0.2) is 4.57 Å². The number of benzene rings is 2. The molecule has 0 unspecified atom stereocenters. The fraction of sp³-hybridized carbons (Fsp3) is 0.417. The van der Waals surface area contributed by atoms with Gasteiger partial charge in [-0.15, -0.1) is 0 Å².